The molecule has 0 aliphatic carbocycles. The molecule has 1 N–H and O–H groups in total. The molecular weight excluding hydrogens is 294 g/mol. The summed E-state index contributed by atoms with van der Waals surface area (Å²) in [6.07, 6.45) is 22.3. The lowest BCUT2D eigenvalue weighted by atomic mass is 10.0. The Morgan fingerprint density at radius 1 is 0.625 bits per heavy atom. The summed E-state index contributed by atoms with van der Waals surface area (Å²) in [5.74, 6) is 0.307. The smallest absolute Gasteiger partial charge is 0.222 e. The van der Waals surface area contributed by atoms with Crippen LogP contribution in [-0.2, 0) is 4.79 Å². The minimum Gasteiger partial charge on any atom is -0.356 e. The van der Waals surface area contributed by atoms with Crippen molar-refractivity contribution in [3.63, 3.8) is 0 Å². The van der Waals surface area contributed by atoms with E-state index in [-0.39, 0.29) is 11.8 Å². The third-order valence-electron chi connectivity index (χ3n) is 4.85. The van der Waals surface area contributed by atoms with Gasteiger partial charge in [-0.1, -0.05) is 117 Å². The van der Waals surface area contributed by atoms with E-state index in [0.717, 1.165) is 13.0 Å². The SMILES string of the molecule is CCCCCCCCCCCCCCCCCCNC(=O)C(C)C. The summed E-state index contributed by atoms with van der Waals surface area (Å²) >= 11 is 0. The van der Waals surface area contributed by atoms with E-state index in [0.29, 0.717) is 0 Å². The molecule has 0 saturated heterocycles. The van der Waals surface area contributed by atoms with Crippen LogP contribution in [0.5, 0.6) is 0 Å². The average Bonchev–Trinajstić information content (AvgIpc) is 2.57. The van der Waals surface area contributed by atoms with E-state index >= 15 is 0 Å². The maximum atomic E-state index is 11.4. The molecule has 0 fully saturated rings. The molecule has 144 valence electrons. The van der Waals surface area contributed by atoms with Gasteiger partial charge in [-0.2, -0.15) is 0 Å². The number of nitrogens with one attached hydrogen (secondary N) is 1. The normalized spacial score (nSPS) is 11.2. The van der Waals surface area contributed by atoms with Crippen molar-refractivity contribution >= 4 is 5.91 Å². The van der Waals surface area contributed by atoms with Crippen molar-refractivity contribution in [2.75, 3.05) is 6.54 Å². The second-order valence-electron chi connectivity index (χ2n) is 7.75. The molecule has 0 heterocycles. The molecule has 0 aromatic heterocycles. The number of amides is 1. The maximum absolute atomic E-state index is 11.4. The van der Waals surface area contributed by atoms with Crippen molar-refractivity contribution < 1.29 is 4.79 Å². The van der Waals surface area contributed by atoms with Gasteiger partial charge >= 0.3 is 0 Å². The van der Waals surface area contributed by atoms with E-state index in [1.54, 1.807) is 0 Å². The molecule has 0 aliphatic rings. The zero-order valence-corrected chi connectivity index (χ0v) is 17.0. The van der Waals surface area contributed by atoms with Crippen LogP contribution in [0.2, 0.25) is 0 Å². The van der Waals surface area contributed by atoms with Gasteiger partial charge in [0.15, 0.2) is 0 Å². The lowest BCUT2D eigenvalue weighted by molar-refractivity contribution is -0.123. The van der Waals surface area contributed by atoms with Gasteiger partial charge in [-0.05, 0) is 6.42 Å². The van der Waals surface area contributed by atoms with Crippen molar-refractivity contribution in [1.29, 1.82) is 0 Å². The third kappa shape index (κ3) is 17.8. The summed E-state index contributed by atoms with van der Waals surface area (Å²) in [5.41, 5.74) is 0. The molecule has 0 aromatic carbocycles. The number of hydrogen-bond acceptors (Lipinski definition) is 1. The molecule has 0 radical (unpaired) electrons. The molecule has 0 aromatic rings. The topological polar surface area (TPSA) is 29.1 Å². The van der Waals surface area contributed by atoms with Gasteiger partial charge in [0.2, 0.25) is 5.91 Å². The highest BCUT2D eigenvalue weighted by Gasteiger charge is 2.04. The van der Waals surface area contributed by atoms with Crippen molar-refractivity contribution in [1.82, 2.24) is 5.32 Å². The van der Waals surface area contributed by atoms with Gasteiger partial charge in [-0.3, -0.25) is 4.79 Å². The molecule has 2 nitrogen and oxygen atoms in total. The molecule has 0 aliphatic heterocycles. The number of hydrogen-bond donors (Lipinski definition) is 1. The quantitative estimate of drug-likeness (QED) is 0.267. The first-order valence-electron chi connectivity index (χ1n) is 11.0. The Hall–Kier alpha value is -0.530. The summed E-state index contributed by atoms with van der Waals surface area (Å²) in [4.78, 5) is 11.4. The fraction of sp³-hybridized carbons (Fsp3) is 0.955. The van der Waals surface area contributed by atoms with Crippen LogP contribution in [0, 0.1) is 5.92 Å². The molecule has 1 amide bonds. The van der Waals surface area contributed by atoms with E-state index in [1.807, 2.05) is 13.8 Å². The Morgan fingerprint density at radius 2 is 0.958 bits per heavy atom. The molecule has 0 spiro atoms. The number of rotatable bonds is 18. The minimum atomic E-state index is 0.117. The average molecular weight is 340 g/mol. The van der Waals surface area contributed by atoms with Gasteiger partial charge in [0, 0.05) is 12.5 Å². The lowest BCUT2D eigenvalue weighted by Gasteiger charge is -2.07. The summed E-state index contributed by atoms with van der Waals surface area (Å²) in [6, 6.07) is 0. The van der Waals surface area contributed by atoms with Crippen LogP contribution in [-0.4, -0.2) is 12.5 Å². The van der Waals surface area contributed by atoms with Gasteiger partial charge in [-0.15, -0.1) is 0 Å². The number of carbonyl (C=O) groups excluding carboxylic acids is 1. The zero-order valence-electron chi connectivity index (χ0n) is 17.0. The standard InChI is InChI=1S/C22H45NO/c1-4-5-6-7-8-9-10-11-12-13-14-15-16-17-18-19-20-23-22(24)21(2)3/h21H,4-20H2,1-3H3,(H,23,24). The minimum absolute atomic E-state index is 0.117. The van der Waals surface area contributed by atoms with Crippen LogP contribution in [0.25, 0.3) is 0 Å². The maximum Gasteiger partial charge on any atom is 0.222 e. The second kappa shape index (κ2) is 18.8. The highest BCUT2D eigenvalue weighted by atomic mass is 16.1. The highest BCUT2D eigenvalue weighted by Crippen LogP contribution is 2.13. The largest absolute Gasteiger partial charge is 0.356 e. The fourth-order valence-electron chi connectivity index (χ4n) is 3.09. The zero-order chi connectivity index (χ0) is 17.9. The van der Waals surface area contributed by atoms with Crippen LogP contribution in [0.1, 0.15) is 124 Å². The Bertz CT molecular complexity index is 263. The third-order valence-corrected chi connectivity index (χ3v) is 4.85. The first-order valence-corrected chi connectivity index (χ1v) is 11.0. The van der Waals surface area contributed by atoms with Gasteiger partial charge in [0.1, 0.15) is 0 Å². The Kier molecular flexibility index (Phi) is 18.4. The van der Waals surface area contributed by atoms with Crippen molar-refractivity contribution in [3.8, 4) is 0 Å². The van der Waals surface area contributed by atoms with E-state index < -0.39 is 0 Å². The molecule has 0 rings (SSSR count). The Labute approximate surface area is 152 Å². The summed E-state index contributed by atoms with van der Waals surface area (Å²) < 4.78 is 0. The predicted octanol–water partition coefficient (Wildman–Crippen LogP) is 7.02. The first kappa shape index (κ1) is 23.5. The molecule has 0 saturated carbocycles. The molecule has 0 bridgehead atoms. The molecule has 24 heavy (non-hydrogen) atoms. The molecule has 0 atom stereocenters. The summed E-state index contributed by atoms with van der Waals surface area (Å²) in [6.45, 7) is 7.04. The van der Waals surface area contributed by atoms with Gasteiger partial charge in [-0.25, -0.2) is 0 Å². The van der Waals surface area contributed by atoms with E-state index in [1.165, 1.54) is 96.3 Å². The number of unbranched alkanes of at least 4 members (excludes halogenated alkanes) is 15. The molecule has 0 unspecified atom stereocenters. The Morgan fingerprint density at radius 3 is 1.29 bits per heavy atom. The van der Waals surface area contributed by atoms with E-state index in [2.05, 4.69) is 12.2 Å². The fourth-order valence-corrected chi connectivity index (χ4v) is 3.09. The predicted molar refractivity (Wildman–Crippen MR) is 107 cm³/mol. The van der Waals surface area contributed by atoms with Crippen LogP contribution >= 0.6 is 0 Å². The van der Waals surface area contributed by atoms with Gasteiger partial charge in [0.05, 0.1) is 0 Å². The van der Waals surface area contributed by atoms with Crippen LogP contribution < -0.4 is 5.32 Å². The lowest BCUT2D eigenvalue weighted by Crippen LogP contribution is -2.28. The van der Waals surface area contributed by atoms with Crippen molar-refractivity contribution in [3.05, 3.63) is 0 Å². The van der Waals surface area contributed by atoms with Crippen LogP contribution in [0.4, 0.5) is 0 Å². The van der Waals surface area contributed by atoms with Crippen molar-refractivity contribution in [2.45, 2.75) is 124 Å². The summed E-state index contributed by atoms with van der Waals surface area (Å²) in [7, 11) is 0. The van der Waals surface area contributed by atoms with Gasteiger partial charge < -0.3 is 5.32 Å². The van der Waals surface area contributed by atoms with E-state index in [4.69, 9.17) is 0 Å². The molecule has 2 heteroatoms. The highest BCUT2D eigenvalue weighted by molar-refractivity contribution is 5.77. The molecular formula is C22H45NO. The van der Waals surface area contributed by atoms with Gasteiger partial charge in [0.25, 0.3) is 0 Å². The Balaban J connectivity index is 3.04. The van der Waals surface area contributed by atoms with Crippen molar-refractivity contribution in [2.24, 2.45) is 5.92 Å². The summed E-state index contributed by atoms with van der Waals surface area (Å²) in [5, 5.41) is 2.99. The first-order chi connectivity index (χ1) is 11.7. The van der Waals surface area contributed by atoms with Crippen LogP contribution in [0.3, 0.4) is 0 Å². The second-order valence-corrected chi connectivity index (χ2v) is 7.75. The van der Waals surface area contributed by atoms with Crippen LogP contribution in [0.15, 0.2) is 0 Å². The van der Waals surface area contributed by atoms with E-state index in [9.17, 15) is 4.79 Å². The monoisotopic (exact) mass is 339 g/mol. The number of carbonyl (C=O) groups is 1.